The van der Waals surface area contributed by atoms with Gasteiger partial charge in [-0.15, -0.1) is 0 Å². The molecule has 5 heteroatoms. The maximum absolute atomic E-state index is 11.8. The number of carbonyl (C=O) groups is 2. The SMILES string of the molecule is CC1CCC(CNC(=O)Nc2ccc(C(=O)O)cc2)CC1. The molecular weight excluding hydrogens is 268 g/mol. The topological polar surface area (TPSA) is 78.4 Å². The molecule has 0 atom stereocenters. The first-order valence-electron chi connectivity index (χ1n) is 7.43. The van der Waals surface area contributed by atoms with E-state index in [1.807, 2.05) is 0 Å². The second kappa shape index (κ2) is 7.11. The quantitative estimate of drug-likeness (QED) is 0.795. The first-order valence-corrected chi connectivity index (χ1v) is 7.43. The minimum atomic E-state index is -0.975. The highest BCUT2D eigenvalue weighted by molar-refractivity contribution is 5.91. The number of carbonyl (C=O) groups excluding carboxylic acids is 1. The van der Waals surface area contributed by atoms with Crippen molar-refractivity contribution in [3.05, 3.63) is 29.8 Å². The number of amides is 2. The molecule has 0 aliphatic heterocycles. The fourth-order valence-electron chi connectivity index (χ4n) is 2.64. The third kappa shape index (κ3) is 4.77. The Hall–Kier alpha value is -2.04. The van der Waals surface area contributed by atoms with Gasteiger partial charge < -0.3 is 15.7 Å². The molecule has 21 heavy (non-hydrogen) atoms. The summed E-state index contributed by atoms with van der Waals surface area (Å²) in [5, 5.41) is 14.4. The lowest BCUT2D eigenvalue weighted by atomic mass is 9.83. The van der Waals surface area contributed by atoms with Gasteiger partial charge in [0.25, 0.3) is 0 Å². The zero-order chi connectivity index (χ0) is 15.2. The van der Waals surface area contributed by atoms with Crippen LogP contribution in [-0.2, 0) is 0 Å². The molecule has 0 radical (unpaired) electrons. The Bertz CT molecular complexity index is 491. The lowest BCUT2D eigenvalue weighted by molar-refractivity contribution is 0.0697. The van der Waals surface area contributed by atoms with Crippen molar-refractivity contribution < 1.29 is 14.7 Å². The number of rotatable bonds is 4. The van der Waals surface area contributed by atoms with Gasteiger partial charge in [0.05, 0.1) is 5.56 Å². The van der Waals surface area contributed by atoms with Crippen molar-refractivity contribution in [2.45, 2.75) is 32.6 Å². The van der Waals surface area contributed by atoms with E-state index in [1.54, 1.807) is 12.1 Å². The highest BCUT2D eigenvalue weighted by Gasteiger charge is 2.18. The molecule has 0 spiro atoms. The predicted molar refractivity (Wildman–Crippen MR) is 81.5 cm³/mol. The normalized spacial score (nSPS) is 21.6. The summed E-state index contributed by atoms with van der Waals surface area (Å²) in [6, 6.07) is 5.88. The van der Waals surface area contributed by atoms with Crippen LogP contribution in [0, 0.1) is 11.8 Å². The van der Waals surface area contributed by atoms with Crippen LogP contribution >= 0.6 is 0 Å². The molecule has 2 rings (SSSR count). The molecule has 0 saturated heterocycles. The highest BCUT2D eigenvalue weighted by Crippen LogP contribution is 2.27. The van der Waals surface area contributed by atoms with Crippen LogP contribution in [0.5, 0.6) is 0 Å². The van der Waals surface area contributed by atoms with Crippen molar-refractivity contribution in [2.75, 3.05) is 11.9 Å². The Morgan fingerprint density at radius 1 is 1.14 bits per heavy atom. The van der Waals surface area contributed by atoms with Crippen molar-refractivity contribution in [2.24, 2.45) is 11.8 Å². The number of carboxylic acids is 1. The van der Waals surface area contributed by atoms with E-state index in [0.29, 0.717) is 18.2 Å². The van der Waals surface area contributed by atoms with Gasteiger partial charge in [0, 0.05) is 12.2 Å². The van der Waals surface area contributed by atoms with Crippen molar-refractivity contribution in [1.82, 2.24) is 5.32 Å². The van der Waals surface area contributed by atoms with Gasteiger partial charge in [-0.1, -0.05) is 19.8 Å². The van der Waals surface area contributed by atoms with E-state index in [2.05, 4.69) is 17.6 Å². The van der Waals surface area contributed by atoms with Crippen LogP contribution in [0.15, 0.2) is 24.3 Å². The van der Waals surface area contributed by atoms with E-state index in [9.17, 15) is 9.59 Å². The molecule has 0 bridgehead atoms. The molecule has 1 aromatic carbocycles. The summed E-state index contributed by atoms with van der Waals surface area (Å²) >= 11 is 0. The zero-order valence-corrected chi connectivity index (χ0v) is 12.3. The molecule has 0 heterocycles. The lowest BCUT2D eigenvalue weighted by Gasteiger charge is -2.26. The molecule has 1 fully saturated rings. The molecule has 1 aliphatic rings. The number of hydrogen-bond donors (Lipinski definition) is 3. The third-order valence-corrected chi connectivity index (χ3v) is 4.08. The summed E-state index contributed by atoms with van der Waals surface area (Å²) < 4.78 is 0. The molecule has 3 N–H and O–H groups in total. The van der Waals surface area contributed by atoms with Crippen molar-refractivity contribution in [3.63, 3.8) is 0 Å². The second-order valence-corrected chi connectivity index (χ2v) is 5.84. The van der Waals surface area contributed by atoms with E-state index in [0.717, 1.165) is 5.92 Å². The smallest absolute Gasteiger partial charge is 0.335 e. The minimum absolute atomic E-state index is 0.206. The Morgan fingerprint density at radius 3 is 2.33 bits per heavy atom. The number of benzene rings is 1. The molecule has 1 aromatic rings. The Labute approximate surface area is 124 Å². The van der Waals surface area contributed by atoms with Crippen LogP contribution in [0.2, 0.25) is 0 Å². The summed E-state index contributed by atoms with van der Waals surface area (Å²) in [5.74, 6) is 0.404. The van der Waals surface area contributed by atoms with Crippen LogP contribution in [-0.4, -0.2) is 23.7 Å². The van der Waals surface area contributed by atoms with Crippen molar-refractivity contribution >= 4 is 17.7 Å². The summed E-state index contributed by atoms with van der Waals surface area (Å²) in [4.78, 5) is 22.5. The third-order valence-electron chi connectivity index (χ3n) is 4.08. The number of anilines is 1. The van der Waals surface area contributed by atoms with E-state index >= 15 is 0 Å². The molecular formula is C16H22N2O3. The summed E-state index contributed by atoms with van der Waals surface area (Å²) in [5.41, 5.74) is 0.798. The first-order chi connectivity index (χ1) is 10.0. The average Bonchev–Trinajstić information content (AvgIpc) is 2.47. The number of hydrogen-bond acceptors (Lipinski definition) is 2. The van der Waals surface area contributed by atoms with Crippen molar-refractivity contribution in [1.29, 1.82) is 0 Å². The minimum Gasteiger partial charge on any atom is -0.478 e. The molecule has 114 valence electrons. The van der Waals surface area contributed by atoms with Gasteiger partial charge in [0.15, 0.2) is 0 Å². The summed E-state index contributed by atoms with van der Waals surface area (Å²) in [6.07, 6.45) is 4.83. The van der Waals surface area contributed by atoms with Crippen LogP contribution in [0.3, 0.4) is 0 Å². The van der Waals surface area contributed by atoms with Gasteiger partial charge in [0.1, 0.15) is 0 Å². The fourth-order valence-corrected chi connectivity index (χ4v) is 2.64. The molecule has 5 nitrogen and oxygen atoms in total. The molecule has 0 aromatic heterocycles. The Balaban J connectivity index is 1.75. The number of carboxylic acid groups (broad SMARTS) is 1. The fraction of sp³-hybridized carbons (Fsp3) is 0.500. The Morgan fingerprint density at radius 2 is 1.76 bits per heavy atom. The monoisotopic (exact) mass is 290 g/mol. The number of aromatic carboxylic acids is 1. The highest BCUT2D eigenvalue weighted by atomic mass is 16.4. The molecule has 2 amide bonds. The standard InChI is InChI=1S/C16H22N2O3/c1-11-2-4-12(5-3-11)10-17-16(21)18-14-8-6-13(7-9-14)15(19)20/h6-9,11-12H,2-5,10H2,1H3,(H,19,20)(H2,17,18,21). The predicted octanol–water partition coefficient (Wildman–Crippen LogP) is 3.33. The largest absolute Gasteiger partial charge is 0.478 e. The van der Waals surface area contributed by atoms with E-state index < -0.39 is 5.97 Å². The van der Waals surface area contributed by atoms with Crippen LogP contribution < -0.4 is 10.6 Å². The maximum atomic E-state index is 11.8. The van der Waals surface area contributed by atoms with Gasteiger partial charge >= 0.3 is 12.0 Å². The number of nitrogens with one attached hydrogen (secondary N) is 2. The molecule has 1 aliphatic carbocycles. The van der Waals surface area contributed by atoms with Crippen molar-refractivity contribution in [3.8, 4) is 0 Å². The van der Waals surface area contributed by atoms with E-state index in [-0.39, 0.29) is 11.6 Å². The number of urea groups is 1. The zero-order valence-electron chi connectivity index (χ0n) is 12.3. The lowest BCUT2D eigenvalue weighted by Crippen LogP contribution is -2.34. The average molecular weight is 290 g/mol. The van der Waals surface area contributed by atoms with Crippen LogP contribution in [0.4, 0.5) is 10.5 Å². The molecule has 1 saturated carbocycles. The summed E-state index contributed by atoms with van der Waals surface area (Å²) in [6.45, 7) is 2.98. The van der Waals surface area contributed by atoms with E-state index in [4.69, 9.17) is 5.11 Å². The summed E-state index contributed by atoms with van der Waals surface area (Å²) in [7, 11) is 0. The van der Waals surface area contributed by atoms with Crippen LogP contribution in [0.25, 0.3) is 0 Å². The van der Waals surface area contributed by atoms with Gasteiger partial charge in [-0.25, -0.2) is 9.59 Å². The second-order valence-electron chi connectivity index (χ2n) is 5.84. The van der Waals surface area contributed by atoms with Gasteiger partial charge in [0.2, 0.25) is 0 Å². The van der Waals surface area contributed by atoms with Gasteiger partial charge in [-0.3, -0.25) is 0 Å². The maximum Gasteiger partial charge on any atom is 0.335 e. The van der Waals surface area contributed by atoms with E-state index in [1.165, 1.54) is 37.8 Å². The first kappa shape index (κ1) is 15.4. The molecule has 0 unspecified atom stereocenters. The Kier molecular flexibility index (Phi) is 5.20. The van der Waals surface area contributed by atoms with Crippen LogP contribution in [0.1, 0.15) is 43.0 Å². The van der Waals surface area contributed by atoms with Gasteiger partial charge in [-0.2, -0.15) is 0 Å². The van der Waals surface area contributed by atoms with Gasteiger partial charge in [-0.05, 0) is 48.9 Å².